The van der Waals surface area contributed by atoms with Crippen molar-refractivity contribution < 1.29 is 5.11 Å². The SMILES string of the molecule is CCCNCc1ccc(N2CCC(C)(O)C2)nc1. The lowest BCUT2D eigenvalue weighted by Gasteiger charge is -2.19. The van der Waals surface area contributed by atoms with Gasteiger partial charge in [-0.25, -0.2) is 4.98 Å². The summed E-state index contributed by atoms with van der Waals surface area (Å²) < 4.78 is 0. The Hall–Kier alpha value is -1.13. The highest BCUT2D eigenvalue weighted by molar-refractivity contribution is 5.41. The summed E-state index contributed by atoms with van der Waals surface area (Å²) in [5.74, 6) is 0.965. The van der Waals surface area contributed by atoms with E-state index in [0.29, 0.717) is 6.54 Å². The van der Waals surface area contributed by atoms with E-state index in [2.05, 4.69) is 28.2 Å². The molecule has 0 radical (unpaired) electrons. The fourth-order valence-corrected chi connectivity index (χ4v) is 2.26. The molecule has 1 fully saturated rings. The average molecular weight is 249 g/mol. The van der Waals surface area contributed by atoms with Crippen LogP contribution in [-0.4, -0.2) is 35.3 Å². The van der Waals surface area contributed by atoms with Crippen LogP contribution in [0.1, 0.15) is 32.3 Å². The van der Waals surface area contributed by atoms with Crippen molar-refractivity contribution in [2.45, 2.75) is 38.8 Å². The minimum absolute atomic E-state index is 0.566. The summed E-state index contributed by atoms with van der Waals surface area (Å²) in [4.78, 5) is 6.62. The van der Waals surface area contributed by atoms with Gasteiger partial charge in [-0.1, -0.05) is 13.0 Å². The van der Waals surface area contributed by atoms with E-state index >= 15 is 0 Å². The Bertz CT molecular complexity index is 375. The van der Waals surface area contributed by atoms with Crippen LogP contribution in [0.2, 0.25) is 0 Å². The van der Waals surface area contributed by atoms with Crippen LogP contribution < -0.4 is 10.2 Å². The van der Waals surface area contributed by atoms with Gasteiger partial charge in [0.25, 0.3) is 0 Å². The molecular formula is C14H23N3O. The Kier molecular flexibility index (Phi) is 4.19. The van der Waals surface area contributed by atoms with Gasteiger partial charge in [0.1, 0.15) is 5.82 Å². The van der Waals surface area contributed by atoms with Crippen LogP contribution in [0.3, 0.4) is 0 Å². The van der Waals surface area contributed by atoms with Crippen molar-refractivity contribution in [2.75, 3.05) is 24.5 Å². The molecule has 2 N–H and O–H groups in total. The zero-order chi connectivity index (χ0) is 13.0. The molecule has 100 valence electrons. The molecule has 0 spiro atoms. The van der Waals surface area contributed by atoms with Gasteiger partial charge in [0.05, 0.1) is 5.60 Å². The third-order valence-corrected chi connectivity index (χ3v) is 3.34. The third-order valence-electron chi connectivity index (χ3n) is 3.34. The van der Waals surface area contributed by atoms with Gasteiger partial charge in [0.2, 0.25) is 0 Å². The van der Waals surface area contributed by atoms with Crippen molar-refractivity contribution in [3.63, 3.8) is 0 Å². The molecule has 2 heterocycles. The highest BCUT2D eigenvalue weighted by atomic mass is 16.3. The van der Waals surface area contributed by atoms with Gasteiger partial charge in [0, 0.05) is 25.8 Å². The standard InChI is InChI=1S/C14H23N3O/c1-3-7-15-9-12-4-5-13(16-10-12)17-8-6-14(2,18)11-17/h4-5,10,15,18H,3,6-9,11H2,1-2H3. The van der Waals surface area contributed by atoms with Gasteiger partial charge in [-0.15, -0.1) is 0 Å². The number of nitrogens with zero attached hydrogens (tertiary/aromatic N) is 2. The average Bonchev–Trinajstić information content (AvgIpc) is 2.71. The summed E-state index contributed by atoms with van der Waals surface area (Å²) in [6, 6.07) is 4.16. The topological polar surface area (TPSA) is 48.4 Å². The van der Waals surface area contributed by atoms with Crippen molar-refractivity contribution >= 4 is 5.82 Å². The maximum Gasteiger partial charge on any atom is 0.128 e. The number of aromatic nitrogens is 1. The van der Waals surface area contributed by atoms with E-state index in [0.717, 1.165) is 38.3 Å². The van der Waals surface area contributed by atoms with E-state index in [1.54, 1.807) is 0 Å². The second-order valence-corrected chi connectivity index (χ2v) is 5.37. The van der Waals surface area contributed by atoms with Crippen LogP contribution >= 0.6 is 0 Å². The van der Waals surface area contributed by atoms with Gasteiger partial charge in [-0.3, -0.25) is 0 Å². The van der Waals surface area contributed by atoms with E-state index in [1.807, 2.05) is 19.2 Å². The van der Waals surface area contributed by atoms with Crippen molar-refractivity contribution in [1.29, 1.82) is 0 Å². The number of hydrogen-bond donors (Lipinski definition) is 2. The molecule has 4 nitrogen and oxygen atoms in total. The molecule has 2 rings (SSSR count). The van der Waals surface area contributed by atoms with Crippen molar-refractivity contribution in [2.24, 2.45) is 0 Å². The lowest BCUT2D eigenvalue weighted by atomic mass is 10.1. The van der Waals surface area contributed by atoms with Crippen molar-refractivity contribution in [3.05, 3.63) is 23.9 Å². The number of hydrogen-bond acceptors (Lipinski definition) is 4. The van der Waals surface area contributed by atoms with Crippen LogP contribution in [0, 0.1) is 0 Å². The fourth-order valence-electron chi connectivity index (χ4n) is 2.26. The fraction of sp³-hybridized carbons (Fsp3) is 0.643. The predicted molar refractivity (Wildman–Crippen MR) is 73.7 cm³/mol. The summed E-state index contributed by atoms with van der Waals surface area (Å²) in [6.07, 6.45) is 3.88. The molecule has 1 aromatic heterocycles. The second kappa shape index (κ2) is 5.67. The molecule has 1 saturated heterocycles. The molecule has 1 unspecified atom stereocenters. The summed E-state index contributed by atoms with van der Waals surface area (Å²) in [7, 11) is 0. The van der Waals surface area contributed by atoms with Crippen LogP contribution in [-0.2, 0) is 6.54 Å². The summed E-state index contributed by atoms with van der Waals surface area (Å²) in [5, 5.41) is 13.3. The lowest BCUT2D eigenvalue weighted by Crippen LogP contribution is -2.30. The number of anilines is 1. The number of aliphatic hydroxyl groups is 1. The summed E-state index contributed by atoms with van der Waals surface area (Å²) in [6.45, 7) is 7.51. The Labute approximate surface area is 109 Å². The van der Waals surface area contributed by atoms with Gasteiger partial charge in [-0.05, 0) is 37.9 Å². The van der Waals surface area contributed by atoms with Gasteiger partial charge >= 0.3 is 0 Å². The molecule has 0 aliphatic carbocycles. The molecular weight excluding hydrogens is 226 g/mol. The van der Waals surface area contributed by atoms with E-state index in [4.69, 9.17) is 0 Å². The molecule has 1 aliphatic rings. The first kappa shape index (κ1) is 13.3. The summed E-state index contributed by atoms with van der Waals surface area (Å²) >= 11 is 0. The first-order valence-electron chi connectivity index (χ1n) is 6.74. The molecule has 0 amide bonds. The van der Waals surface area contributed by atoms with Crippen molar-refractivity contribution in [1.82, 2.24) is 10.3 Å². The zero-order valence-electron chi connectivity index (χ0n) is 11.3. The van der Waals surface area contributed by atoms with Crippen LogP contribution in [0.4, 0.5) is 5.82 Å². The smallest absolute Gasteiger partial charge is 0.128 e. The molecule has 0 bridgehead atoms. The van der Waals surface area contributed by atoms with Gasteiger partial charge in [0.15, 0.2) is 0 Å². The summed E-state index contributed by atoms with van der Waals surface area (Å²) in [5.41, 5.74) is 0.640. The molecule has 18 heavy (non-hydrogen) atoms. The van der Waals surface area contributed by atoms with E-state index in [9.17, 15) is 5.11 Å². The number of nitrogens with one attached hydrogen (secondary N) is 1. The molecule has 4 heteroatoms. The van der Waals surface area contributed by atoms with Crippen LogP contribution in [0.25, 0.3) is 0 Å². The van der Waals surface area contributed by atoms with E-state index in [-0.39, 0.29) is 0 Å². The maximum atomic E-state index is 9.94. The molecule has 0 aromatic carbocycles. The quantitative estimate of drug-likeness (QED) is 0.777. The van der Waals surface area contributed by atoms with E-state index < -0.39 is 5.60 Å². The van der Waals surface area contributed by atoms with Crippen LogP contribution in [0.5, 0.6) is 0 Å². The second-order valence-electron chi connectivity index (χ2n) is 5.37. The molecule has 0 saturated carbocycles. The third kappa shape index (κ3) is 3.43. The van der Waals surface area contributed by atoms with Gasteiger partial charge in [-0.2, -0.15) is 0 Å². The predicted octanol–water partition coefficient (Wildman–Crippen LogP) is 1.54. The van der Waals surface area contributed by atoms with Gasteiger partial charge < -0.3 is 15.3 Å². The number of rotatable bonds is 5. The minimum Gasteiger partial charge on any atom is -0.388 e. The first-order valence-corrected chi connectivity index (χ1v) is 6.74. The Morgan fingerprint density at radius 1 is 1.50 bits per heavy atom. The maximum absolute atomic E-state index is 9.94. The van der Waals surface area contributed by atoms with Crippen molar-refractivity contribution in [3.8, 4) is 0 Å². The monoisotopic (exact) mass is 249 g/mol. The first-order chi connectivity index (χ1) is 8.61. The minimum atomic E-state index is -0.566. The number of β-amino-alcohol motifs (C(OH)–C–C–N with tert-alkyl or cyclic N) is 1. The zero-order valence-corrected chi connectivity index (χ0v) is 11.3. The normalized spacial score (nSPS) is 23.6. The highest BCUT2D eigenvalue weighted by Crippen LogP contribution is 2.24. The molecule has 1 atom stereocenters. The Morgan fingerprint density at radius 3 is 2.89 bits per heavy atom. The lowest BCUT2D eigenvalue weighted by molar-refractivity contribution is 0.0839. The Balaban J connectivity index is 1.92. The van der Waals surface area contributed by atoms with Crippen LogP contribution in [0.15, 0.2) is 18.3 Å². The largest absolute Gasteiger partial charge is 0.388 e. The number of pyridine rings is 1. The van der Waals surface area contributed by atoms with E-state index in [1.165, 1.54) is 5.56 Å². The highest BCUT2D eigenvalue weighted by Gasteiger charge is 2.31. The Morgan fingerprint density at radius 2 is 2.33 bits per heavy atom. The molecule has 1 aromatic rings. The molecule has 1 aliphatic heterocycles.